The number of methoxy groups -OCH3 is 1. The van der Waals surface area contributed by atoms with Crippen molar-refractivity contribution in [1.82, 2.24) is 9.55 Å². The summed E-state index contributed by atoms with van der Waals surface area (Å²) < 4.78 is 8.25. The average molecular weight is 351 g/mol. The lowest BCUT2D eigenvalue weighted by molar-refractivity contribution is -0.115. The zero-order valence-electron chi connectivity index (χ0n) is 13.9. The molecule has 25 heavy (non-hydrogen) atoms. The normalized spacial score (nSPS) is 11.1. The molecule has 6 heteroatoms. The number of aromatic nitrogens is 2. The Hall–Kier alpha value is -2.86. The number of fused-ring (bicyclic) bond motifs is 2. The Morgan fingerprint density at radius 1 is 1.28 bits per heavy atom. The van der Waals surface area contributed by atoms with Gasteiger partial charge in [0.05, 0.1) is 23.7 Å². The maximum atomic E-state index is 12.5. The van der Waals surface area contributed by atoms with Crippen LogP contribution < -0.4 is 10.1 Å². The van der Waals surface area contributed by atoms with Gasteiger partial charge in [0, 0.05) is 24.1 Å². The number of carbonyl (C=O) groups is 1. The molecule has 1 N–H and O–H groups in total. The van der Waals surface area contributed by atoms with E-state index >= 15 is 0 Å². The minimum Gasteiger partial charge on any atom is -0.497 e. The van der Waals surface area contributed by atoms with Crippen LogP contribution in [0, 0.1) is 0 Å². The molecule has 126 valence electrons. The summed E-state index contributed by atoms with van der Waals surface area (Å²) in [6, 6.07) is 13.8. The molecule has 2 aromatic carbocycles. The standard InChI is InChI=1S/C19H17N3O2S/c1-22-11-12(14-5-3-4-6-16(14)22)9-18(23)21-19-20-15-8-7-13(24-2)10-17(15)25-19/h3-8,10-11H,9H2,1-2H3,(H,20,21,23). The SMILES string of the molecule is COc1ccc2nc(NC(=O)Cc3cn(C)c4ccccc34)sc2c1. The molecule has 0 fully saturated rings. The van der Waals surface area contributed by atoms with Crippen molar-refractivity contribution < 1.29 is 9.53 Å². The lowest BCUT2D eigenvalue weighted by Crippen LogP contribution is -2.13. The van der Waals surface area contributed by atoms with E-state index in [2.05, 4.69) is 16.4 Å². The molecule has 1 amide bonds. The Kier molecular flexibility index (Phi) is 3.89. The van der Waals surface area contributed by atoms with Crippen molar-refractivity contribution >= 4 is 43.5 Å². The molecule has 0 atom stereocenters. The number of thiazole rings is 1. The van der Waals surface area contributed by atoms with E-state index < -0.39 is 0 Å². The number of hydrogen-bond donors (Lipinski definition) is 1. The van der Waals surface area contributed by atoms with Crippen molar-refractivity contribution in [1.29, 1.82) is 0 Å². The van der Waals surface area contributed by atoms with E-state index in [0.29, 0.717) is 11.6 Å². The number of anilines is 1. The molecule has 0 spiro atoms. The van der Waals surface area contributed by atoms with Gasteiger partial charge in [0.25, 0.3) is 0 Å². The first kappa shape index (κ1) is 15.7. The van der Waals surface area contributed by atoms with Gasteiger partial charge in [-0.25, -0.2) is 4.98 Å². The van der Waals surface area contributed by atoms with Gasteiger partial charge in [-0.2, -0.15) is 0 Å². The Morgan fingerprint density at radius 3 is 2.96 bits per heavy atom. The number of ether oxygens (including phenoxy) is 1. The van der Waals surface area contributed by atoms with Crippen molar-refractivity contribution in [3.05, 3.63) is 54.2 Å². The van der Waals surface area contributed by atoms with Gasteiger partial charge in [-0.1, -0.05) is 29.5 Å². The smallest absolute Gasteiger partial charge is 0.230 e. The van der Waals surface area contributed by atoms with Crippen LogP contribution in [0.2, 0.25) is 0 Å². The first-order chi connectivity index (χ1) is 12.1. The molecule has 2 heterocycles. The van der Waals surface area contributed by atoms with Crippen LogP contribution in [-0.4, -0.2) is 22.6 Å². The quantitative estimate of drug-likeness (QED) is 0.605. The van der Waals surface area contributed by atoms with E-state index in [-0.39, 0.29) is 5.91 Å². The maximum Gasteiger partial charge on any atom is 0.230 e. The molecule has 0 saturated carbocycles. The van der Waals surface area contributed by atoms with Gasteiger partial charge >= 0.3 is 0 Å². The van der Waals surface area contributed by atoms with Crippen LogP contribution in [0.4, 0.5) is 5.13 Å². The van der Waals surface area contributed by atoms with Gasteiger partial charge in [-0.15, -0.1) is 0 Å². The second kappa shape index (κ2) is 6.22. The summed E-state index contributed by atoms with van der Waals surface area (Å²) in [5.74, 6) is 0.715. The minimum absolute atomic E-state index is 0.0672. The van der Waals surface area contributed by atoms with Crippen molar-refractivity contribution in [3.63, 3.8) is 0 Å². The highest BCUT2D eigenvalue weighted by atomic mass is 32.1. The van der Waals surface area contributed by atoms with Crippen molar-refractivity contribution in [2.45, 2.75) is 6.42 Å². The third kappa shape index (κ3) is 2.96. The minimum atomic E-state index is -0.0672. The molecule has 0 bridgehead atoms. The van der Waals surface area contributed by atoms with Gasteiger partial charge in [0.2, 0.25) is 5.91 Å². The molecule has 0 aliphatic rings. The fourth-order valence-corrected chi connectivity index (χ4v) is 3.90. The maximum absolute atomic E-state index is 12.5. The number of rotatable bonds is 4. The zero-order valence-corrected chi connectivity index (χ0v) is 14.8. The summed E-state index contributed by atoms with van der Waals surface area (Å²) in [5, 5.41) is 4.62. The van der Waals surface area contributed by atoms with Crippen LogP contribution in [0.5, 0.6) is 5.75 Å². The number of para-hydroxylation sites is 1. The van der Waals surface area contributed by atoms with E-state index in [1.54, 1.807) is 7.11 Å². The molecule has 2 aromatic heterocycles. The largest absolute Gasteiger partial charge is 0.497 e. The number of nitrogens with zero attached hydrogens (tertiary/aromatic N) is 2. The topological polar surface area (TPSA) is 56.1 Å². The van der Waals surface area contributed by atoms with Crippen LogP contribution in [-0.2, 0) is 18.3 Å². The fourth-order valence-electron chi connectivity index (χ4n) is 2.99. The highest BCUT2D eigenvalue weighted by molar-refractivity contribution is 7.22. The van der Waals surface area contributed by atoms with Crippen LogP contribution in [0.15, 0.2) is 48.7 Å². The first-order valence-corrected chi connectivity index (χ1v) is 8.73. The first-order valence-electron chi connectivity index (χ1n) is 7.91. The third-order valence-corrected chi connectivity index (χ3v) is 5.11. The summed E-state index contributed by atoms with van der Waals surface area (Å²) in [5.41, 5.74) is 2.99. The highest BCUT2D eigenvalue weighted by Gasteiger charge is 2.13. The zero-order chi connectivity index (χ0) is 17.4. The Labute approximate surface area is 148 Å². The van der Waals surface area contributed by atoms with E-state index in [1.165, 1.54) is 11.3 Å². The van der Waals surface area contributed by atoms with Crippen LogP contribution in [0.25, 0.3) is 21.1 Å². The summed E-state index contributed by atoms with van der Waals surface area (Å²) in [7, 11) is 3.62. The van der Waals surface area contributed by atoms with Crippen molar-refractivity contribution in [2.24, 2.45) is 7.05 Å². The number of nitrogens with one attached hydrogen (secondary N) is 1. The van der Waals surface area contributed by atoms with Crippen LogP contribution in [0.1, 0.15) is 5.56 Å². The predicted molar refractivity (Wildman–Crippen MR) is 101 cm³/mol. The molecule has 0 unspecified atom stereocenters. The van der Waals surface area contributed by atoms with E-state index in [1.807, 2.05) is 54.2 Å². The van der Waals surface area contributed by atoms with Gasteiger partial charge in [0.15, 0.2) is 5.13 Å². The molecule has 5 nitrogen and oxygen atoms in total. The van der Waals surface area contributed by atoms with Gasteiger partial charge < -0.3 is 14.6 Å². The summed E-state index contributed by atoms with van der Waals surface area (Å²) in [4.78, 5) is 16.9. The number of aryl methyl sites for hydroxylation is 1. The molecule has 0 aliphatic heterocycles. The Balaban J connectivity index is 1.55. The van der Waals surface area contributed by atoms with E-state index in [4.69, 9.17) is 4.74 Å². The van der Waals surface area contributed by atoms with Crippen LogP contribution >= 0.6 is 11.3 Å². The molecular weight excluding hydrogens is 334 g/mol. The lowest BCUT2D eigenvalue weighted by Gasteiger charge is -2.00. The lowest BCUT2D eigenvalue weighted by atomic mass is 10.1. The predicted octanol–water partition coefficient (Wildman–Crippen LogP) is 3.98. The number of carbonyl (C=O) groups excluding carboxylic acids is 1. The monoisotopic (exact) mass is 351 g/mol. The van der Waals surface area contributed by atoms with E-state index in [9.17, 15) is 4.79 Å². The summed E-state index contributed by atoms with van der Waals surface area (Å²) in [6.45, 7) is 0. The highest BCUT2D eigenvalue weighted by Crippen LogP contribution is 2.29. The Morgan fingerprint density at radius 2 is 2.12 bits per heavy atom. The van der Waals surface area contributed by atoms with Crippen LogP contribution in [0.3, 0.4) is 0 Å². The fraction of sp³-hybridized carbons (Fsp3) is 0.158. The van der Waals surface area contributed by atoms with Gasteiger partial charge in [-0.05, 0) is 29.8 Å². The molecule has 0 radical (unpaired) electrons. The molecule has 0 saturated heterocycles. The number of hydrogen-bond acceptors (Lipinski definition) is 4. The van der Waals surface area contributed by atoms with Crippen molar-refractivity contribution in [2.75, 3.05) is 12.4 Å². The molecule has 4 rings (SSSR count). The average Bonchev–Trinajstić information content (AvgIpc) is 3.15. The summed E-state index contributed by atoms with van der Waals surface area (Å²) in [6.07, 6.45) is 2.33. The van der Waals surface area contributed by atoms with E-state index in [0.717, 1.165) is 32.4 Å². The van der Waals surface area contributed by atoms with Gasteiger partial charge in [-0.3, -0.25) is 4.79 Å². The molecule has 0 aliphatic carbocycles. The second-order valence-electron chi connectivity index (χ2n) is 5.86. The van der Waals surface area contributed by atoms with Crippen molar-refractivity contribution in [3.8, 4) is 5.75 Å². The molecular formula is C19H17N3O2S. The molecule has 4 aromatic rings. The Bertz CT molecular complexity index is 1080. The number of amides is 1. The number of benzene rings is 2. The third-order valence-electron chi connectivity index (χ3n) is 4.17. The second-order valence-corrected chi connectivity index (χ2v) is 6.89. The van der Waals surface area contributed by atoms with Gasteiger partial charge in [0.1, 0.15) is 5.75 Å². The summed E-state index contributed by atoms with van der Waals surface area (Å²) >= 11 is 1.45.